The molecule has 1 N–H and O–H groups in total. The van der Waals surface area contributed by atoms with Crippen molar-refractivity contribution >= 4 is 5.97 Å². The van der Waals surface area contributed by atoms with Gasteiger partial charge >= 0.3 is 12.1 Å². The summed E-state index contributed by atoms with van der Waals surface area (Å²) in [6.07, 6.45) is -5.20. The number of aliphatic hydroxyl groups is 1. The van der Waals surface area contributed by atoms with E-state index < -0.39 is 34.1 Å². The van der Waals surface area contributed by atoms with Gasteiger partial charge in [-0.15, -0.1) is 0 Å². The topological polar surface area (TPSA) is 46.5 Å². The molecular weight excluding hydrogens is 321 g/mol. The van der Waals surface area contributed by atoms with Crippen molar-refractivity contribution in [2.45, 2.75) is 64.1 Å². The Morgan fingerprint density at radius 3 is 1.46 bits per heavy atom. The largest absolute Gasteiger partial charge is 0.466 e. The van der Waals surface area contributed by atoms with Crippen LogP contribution in [0, 0.1) is 0 Å². The van der Waals surface area contributed by atoms with E-state index in [4.69, 9.17) is 0 Å². The maximum Gasteiger partial charge on any atom is 0.432 e. The lowest BCUT2D eigenvalue weighted by molar-refractivity contribution is -0.266. The highest BCUT2D eigenvalue weighted by molar-refractivity contribution is 5.82. The lowest BCUT2D eigenvalue weighted by Crippen LogP contribution is -2.50. The molecule has 6 heteroatoms. The predicted molar refractivity (Wildman–Crippen MR) is 85.8 cm³/mol. The molecule has 0 saturated heterocycles. The Kier molecular flexibility index (Phi) is 5.17. The molecule has 0 radical (unpaired) electrons. The van der Waals surface area contributed by atoms with Gasteiger partial charge in [-0.3, -0.25) is 0 Å². The number of carbonyl (C=O) groups excluding carboxylic acids is 1. The minimum atomic E-state index is -5.20. The lowest BCUT2D eigenvalue weighted by Gasteiger charge is -2.32. The van der Waals surface area contributed by atoms with E-state index in [0.717, 1.165) is 7.11 Å². The monoisotopic (exact) mass is 346 g/mol. The van der Waals surface area contributed by atoms with Crippen LogP contribution >= 0.6 is 0 Å². The highest BCUT2D eigenvalue weighted by Gasteiger charge is 2.62. The maximum absolute atomic E-state index is 13.5. The lowest BCUT2D eigenvalue weighted by atomic mass is 9.77. The van der Waals surface area contributed by atoms with Gasteiger partial charge in [0.25, 0.3) is 5.60 Å². The second-order valence-corrected chi connectivity index (χ2v) is 8.00. The minimum absolute atomic E-state index is 0.460. The SMILES string of the molecule is COC(=O)C(O)(c1cc(C(C)(C)C)cc(C(C)(C)C)c1)C(F)(F)F. The van der Waals surface area contributed by atoms with Crippen molar-refractivity contribution in [2.24, 2.45) is 0 Å². The third-order valence-corrected chi connectivity index (χ3v) is 3.97. The zero-order valence-corrected chi connectivity index (χ0v) is 15.1. The number of alkyl halides is 3. The Balaban J connectivity index is 3.82. The van der Waals surface area contributed by atoms with Crippen LogP contribution in [0.3, 0.4) is 0 Å². The van der Waals surface area contributed by atoms with Gasteiger partial charge in [0.2, 0.25) is 0 Å². The van der Waals surface area contributed by atoms with E-state index in [-0.39, 0.29) is 0 Å². The molecule has 3 nitrogen and oxygen atoms in total. The van der Waals surface area contributed by atoms with E-state index in [0.29, 0.717) is 11.1 Å². The molecule has 0 spiro atoms. The van der Waals surface area contributed by atoms with Crippen LogP contribution in [0.2, 0.25) is 0 Å². The summed E-state index contributed by atoms with van der Waals surface area (Å²) in [5.74, 6) is -1.75. The van der Waals surface area contributed by atoms with Crippen LogP contribution in [0.1, 0.15) is 58.2 Å². The van der Waals surface area contributed by atoms with Gasteiger partial charge in [-0.2, -0.15) is 13.2 Å². The van der Waals surface area contributed by atoms with Gasteiger partial charge in [0.15, 0.2) is 0 Å². The Bertz CT molecular complexity index is 590. The van der Waals surface area contributed by atoms with Crippen molar-refractivity contribution < 1.29 is 27.8 Å². The van der Waals surface area contributed by atoms with Crippen LogP contribution < -0.4 is 0 Å². The maximum atomic E-state index is 13.5. The first kappa shape index (κ1) is 20.5. The van der Waals surface area contributed by atoms with E-state index in [1.807, 2.05) is 41.5 Å². The molecule has 0 bridgehead atoms. The zero-order valence-electron chi connectivity index (χ0n) is 15.1. The van der Waals surface area contributed by atoms with Gasteiger partial charge in [0.05, 0.1) is 7.11 Å². The molecule has 0 aliphatic heterocycles. The van der Waals surface area contributed by atoms with Crippen LogP contribution in [-0.4, -0.2) is 24.4 Å². The van der Waals surface area contributed by atoms with Crippen molar-refractivity contribution in [3.05, 3.63) is 34.9 Å². The molecule has 1 atom stereocenters. The zero-order chi connectivity index (χ0) is 19.1. The third-order valence-electron chi connectivity index (χ3n) is 3.97. The second kappa shape index (κ2) is 6.06. The molecule has 1 aromatic carbocycles. The molecule has 0 amide bonds. The van der Waals surface area contributed by atoms with Crippen molar-refractivity contribution in [1.29, 1.82) is 0 Å². The molecular formula is C18H25F3O3. The highest BCUT2D eigenvalue weighted by Crippen LogP contribution is 2.42. The van der Waals surface area contributed by atoms with Gasteiger partial charge in [0.1, 0.15) is 0 Å². The van der Waals surface area contributed by atoms with Crippen LogP contribution in [0.5, 0.6) is 0 Å². The summed E-state index contributed by atoms with van der Waals surface area (Å²) >= 11 is 0. The number of halogens is 3. The van der Waals surface area contributed by atoms with Gasteiger partial charge in [-0.1, -0.05) is 59.7 Å². The van der Waals surface area contributed by atoms with E-state index in [1.165, 1.54) is 12.1 Å². The van der Waals surface area contributed by atoms with Crippen molar-refractivity contribution in [2.75, 3.05) is 7.11 Å². The van der Waals surface area contributed by atoms with Crippen LogP contribution in [-0.2, 0) is 26.0 Å². The summed E-state index contributed by atoms with van der Waals surface area (Å²) < 4.78 is 44.8. The number of ether oxygens (including phenoxy) is 1. The number of carbonyl (C=O) groups is 1. The Morgan fingerprint density at radius 2 is 1.21 bits per heavy atom. The molecule has 136 valence electrons. The Labute approximate surface area is 140 Å². The van der Waals surface area contributed by atoms with E-state index in [9.17, 15) is 23.1 Å². The van der Waals surface area contributed by atoms with Crippen molar-refractivity contribution in [3.8, 4) is 0 Å². The first-order chi connectivity index (χ1) is 10.5. The Morgan fingerprint density at radius 1 is 0.875 bits per heavy atom. The molecule has 0 fully saturated rings. The normalized spacial score (nSPS) is 15.8. The molecule has 0 aliphatic rings. The smallest absolute Gasteiger partial charge is 0.432 e. The molecule has 1 aromatic rings. The van der Waals surface area contributed by atoms with Gasteiger partial charge in [-0.05, 0) is 22.0 Å². The van der Waals surface area contributed by atoms with Crippen LogP contribution in [0.15, 0.2) is 18.2 Å². The molecule has 24 heavy (non-hydrogen) atoms. The predicted octanol–water partition coefficient (Wildman–Crippen LogP) is 4.20. The van der Waals surface area contributed by atoms with E-state index in [2.05, 4.69) is 4.74 Å². The first-order valence-electron chi connectivity index (χ1n) is 7.59. The molecule has 1 rings (SSSR count). The summed E-state index contributed by atoms with van der Waals surface area (Å²) in [6, 6.07) is 4.25. The third kappa shape index (κ3) is 3.74. The fraction of sp³-hybridized carbons (Fsp3) is 0.611. The minimum Gasteiger partial charge on any atom is -0.466 e. The molecule has 0 aliphatic carbocycles. The quantitative estimate of drug-likeness (QED) is 0.816. The number of esters is 1. The fourth-order valence-electron chi connectivity index (χ4n) is 2.25. The average molecular weight is 346 g/mol. The van der Waals surface area contributed by atoms with Crippen LogP contribution in [0.25, 0.3) is 0 Å². The summed E-state index contributed by atoms with van der Waals surface area (Å²) in [4.78, 5) is 11.8. The number of hydrogen-bond acceptors (Lipinski definition) is 3. The van der Waals surface area contributed by atoms with Gasteiger partial charge in [-0.25, -0.2) is 4.79 Å². The summed E-state index contributed by atoms with van der Waals surface area (Å²) in [6.45, 7) is 11.1. The number of hydrogen-bond donors (Lipinski definition) is 1. The van der Waals surface area contributed by atoms with E-state index >= 15 is 0 Å². The standard InChI is InChI=1S/C18H25F3O3/c1-15(2,3)11-8-12(16(4,5)6)10-13(9-11)17(23,14(22)24-7)18(19,20)21/h8-10,23H,1-7H3. The Hall–Kier alpha value is -1.56. The first-order valence-corrected chi connectivity index (χ1v) is 7.59. The molecule has 0 aromatic heterocycles. The van der Waals surface area contributed by atoms with Gasteiger partial charge < -0.3 is 9.84 Å². The second-order valence-electron chi connectivity index (χ2n) is 8.00. The number of rotatable bonds is 2. The molecule has 0 saturated carbocycles. The van der Waals surface area contributed by atoms with Crippen LogP contribution in [0.4, 0.5) is 13.2 Å². The summed E-state index contributed by atoms with van der Waals surface area (Å²) in [5.41, 5.74) is -3.97. The van der Waals surface area contributed by atoms with Gasteiger partial charge in [0, 0.05) is 5.56 Å². The molecule has 0 heterocycles. The molecule has 1 unspecified atom stereocenters. The number of methoxy groups -OCH3 is 1. The average Bonchev–Trinajstić information content (AvgIpc) is 2.41. The highest BCUT2D eigenvalue weighted by atomic mass is 19.4. The van der Waals surface area contributed by atoms with E-state index in [1.54, 1.807) is 6.07 Å². The fourth-order valence-corrected chi connectivity index (χ4v) is 2.25. The van der Waals surface area contributed by atoms with Crippen molar-refractivity contribution in [1.82, 2.24) is 0 Å². The van der Waals surface area contributed by atoms with Crippen molar-refractivity contribution in [3.63, 3.8) is 0 Å². The summed E-state index contributed by atoms with van der Waals surface area (Å²) in [7, 11) is 0.817. The number of benzene rings is 1. The summed E-state index contributed by atoms with van der Waals surface area (Å²) in [5, 5.41) is 10.3.